The number of rotatable bonds is 5. The first-order chi connectivity index (χ1) is 11.0. The molecule has 1 aliphatic heterocycles. The monoisotopic (exact) mass is 334 g/mol. The molecule has 2 aromatic rings. The summed E-state index contributed by atoms with van der Waals surface area (Å²) >= 11 is 6.07. The minimum atomic E-state index is -0.127. The number of hydrogen-bond donors (Lipinski definition) is 0. The van der Waals surface area contributed by atoms with Crippen LogP contribution in [0.15, 0.2) is 18.2 Å². The Morgan fingerprint density at radius 1 is 1.43 bits per heavy atom. The van der Waals surface area contributed by atoms with Gasteiger partial charge in [-0.25, -0.2) is 0 Å². The molecule has 0 saturated carbocycles. The molecule has 0 bridgehead atoms. The summed E-state index contributed by atoms with van der Waals surface area (Å²) in [4.78, 5) is 13.8. The quantitative estimate of drug-likeness (QED) is 0.841. The molecule has 1 aromatic heterocycles. The third-order valence-electron chi connectivity index (χ3n) is 3.93. The highest BCUT2D eigenvalue weighted by molar-refractivity contribution is 6.32. The second-order valence-electron chi connectivity index (χ2n) is 5.76. The van der Waals surface area contributed by atoms with E-state index in [9.17, 15) is 4.79 Å². The Morgan fingerprint density at radius 3 is 3.09 bits per heavy atom. The van der Waals surface area contributed by atoms with Crippen molar-refractivity contribution in [2.75, 3.05) is 13.7 Å². The second-order valence-corrected chi connectivity index (χ2v) is 6.17. The van der Waals surface area contributed by atoms with Crippen LogP contribution in [0.1, 0.15) is 23.6 Å². The predicted octanol–water partition coefficient (Wildman–Crippen LogP) is 2.22. The van der Waals surface area contributed by atoms with E-state index in [2.05, 4.69) is 14.8 Å². The van der Waals surface area contributed by atoms with Crippen molar-refractivity contribution in [2.24, 2.45) is 0 Å². The summed E-state index contributed by atoms with van der Waals surface area (Å²) in [6.45, 7) is 3.25. The number of likely N-dealkylation sites (N-methyl/N-ethyl adjacent to an activating group) is 1. The van der Waals surface area contributed by atoms with Crippen LogP contribution < -0.4 is 4.74 Å². The summed E-state index contributed by atoms with van der Waals surface area (Å²) in [5, 5.41) is 8.81. The zero-order valence-corrected chi connectivity index (χ0v) is 14.0. The number of hydrogen-bond acceptors (Lipinski definition) is 4. The van der Waals surface area contributed by atoms with Crippen LogP contribution in [-0.4, -0.2) is 39.2 Å². The summed E-state index contributed by atoms with van der Waals surface area (Å²) in [7, 11) is 1.74. The lowest BCUT2D eigenvalue weighted by molar-refractivity contribution is -0.132. The lowest BCUT2D eigenvalue weighted by Crippen LogP contribution is -2.32. The van der Waals surface area contributed by atoms with Gasteiger partial charge in [0.2, 0.25) is 0 Å². The van der Waals surface area contributed by atoms with Gasteiger partial charge < -0.3 is 14.2 Å². The van der Waals surface area contributed by atoms with E-state index < -0.39 is 0 Å². The molecule has 0 atom stereocenters. The topological polar surface area (TPSA) is 60.2 Å². The average molecular weight is 335 g/mol. The smallest absolute Gasteiger partial charge is 0.260 e. The standard InChI is InChI=1S/C16H19ClN4O2/c1-11-5-6-12(17)13(8-11)23-10-16(22)20(2)9-15-19-18-14-4-3-7-21(14)15/h5-6,8H,3-4,7,9-10H2,1-2H3. The van der Waals surface area contributed by atoms with Gasteiger partial charge in [-0.2, -0.15) is 0 Å². The maximum absolute atomic E-state index is 12.2. The van der Waals surface area contributed by atoms with Gasteiger partial charge in [0.1, 0.15) is 11.6 Å². The minimum Gasteiger partial charge on any atom is -0.482 e. The number of fused-ring (bicyclic) bond motifs is 1. The van der Waals surface area contributed by atoms with E-state index in [-0.39, 0.29) is 12.5 Å². The van der Waals surface area contributed by atoms with Crippen molar-refractivity contribution in [2.45, 2.75) is 32.9 Å². The summed E-state index contributed by atoms with van der Waals surface area (Å²) in [6, 6.07) is 5.48. The van der Waals surface area contributed by atoms with Gasteiger partial charge in [-0.15, -0.1) is 10.2 Å². The second kappa shape index (κ2) is 6.58. The van der Waals surface area contributed by atoms with Crippen LogP contribution in [0.3, 0.4) is 0 Å². The van der Waals surface area contributed by atoms with Crippen LogP contribution in [0.5, 0.6) is 5.75 Å². The van der Waals surface area contributed by atoms with Gasteiger partial charge in [-0.1, -0.05) is 17.7 Å². The molecule has 0 N–H and O–H groups in total. The number of aryl methyl sites for hydroxylation is 2. The number of benzene rings is 1. The van der Waals surface area contributed by atoms with E-state index >= 15 is 0 Å². The number of carbonyl (C=O) groups is 1. The number of halogens is 1. The highest BCUT2D eigenvalue weighted by atomic mass is 35.5. The highest BCUT2D eigenvalue weighted by Crippen LogP contribution is 2.25. The Balaban J connectivity index is 1.58. The first kappa shape index (κ1) is 15.8. The fourth-order valence-corrected chi connectivity index (χ4v) is 2.77. The zero-order chi connectivity index (χ0) is 16.4. The van der Waals surface area contributed by atoms with Crippen molar-refractivity contribution in [3.05, 3.63) is 40.4 Å². The first-order valence-electron chi connectivity index (χ1n) is 7.58. The third kappa shape index (κ3) is 3.47. The van der Waals surface area contributed by atoms with Crippen LogP contribution >= 0.6 is 11.6 Å². The average Bonchev–Trinajstić information content (AvgIpc) is 3.13. The van der Waals surface area contributed by atoms with Gasteiger partial charge >= 0.3 is 0 Å². The van der Waals surface area contributed by atoms with E-state index in [1.807, 2.05) is 19.1 Å². The molecule has 23 heavy (non-hydrogen) atoms. The number of aromatic nitrogens is 3. The fourth-order valence-electron chi connectivity index (χ4n) is 2.60. The molecule has 6 nitrogen and oxygen atoms in total. The van der Waals surface area contributed by atoms with Gasteiger partial charge in [-0.05, 0) is 31.0 Å². The Labute approximate surface area is 140 Å². The van der Waals surface area contributed by atoms with Crippen molar-refractivity contribution in [3.63, 3.8) is 0 Å². The molecule has 0 spiro atoms. The molecule has 1 aliphatic rings. The van der Waals surface area contributed by atoms with E-state index in [4.69, 9.17) is 16.3 Å². The SMILES string of the molecule is Cc1ccc(Cl)c(OCC(=O)N(C)Cc2nnc3n2CCC3)c1. The maximum Gasteiger partial charge on any atom is 0.260 e. The number of carbonyl (C=O) groups excluding carboxylic acids is 1. The Bertz CT molecular complexity index is 729. The molecule has 7 heteroatoms. The molecule has 0 radical (unpaired) electrons. The molecule has 0 aliphatic carbocycles. The Kier molecular flexibility index (Phi) is 4.52. The summed E-state index contributed by atoms with van der Waals surface area (Å²) < 4.78 is 7.63. The molecule has 0 saturated heterocycles. The molecule has 2 heterocycles. The van der Waals surface area contributed by atoms with Crippen LogP contribution in [-0.2, 0) is 24.3 Å². The van der Waals surface area contributed by atoms with Crippen LogP contribution in [0, 0.1) is 6.92 Å². The fraction of sp³-hybridized carbons (Fsp3) is 0.438. The number of ether oxygens (including phenoxy) is 1. The van der Waals surface area contributed by atoms with E-state index in [0.717, 1.165) is 36.6 Å². The molecule has 0 fully saturated rings. The van der Waals surface area contributed by atoms with Crippen molar-refractivity contribution in [1.29, 1.82) is 0 Å². The number of nitrogens with zero attached hydrogens (tertiary/aromatic N) is 4. The van der Waals surface area contributed by atoms with Gasteiger partial charge in [0.15, 0.2) is 12.4 Å². The van der Waals surface area contributed by atoms with Crippen LogP contribution in [0.25, 0.3) is 0 Å². The normalized spacial score (nSPS) is 13.0. The first-order valence-corrected chi connectivity index (χ1v) is 7.96. The van der Waals surface area contributed by atoms with E-state index in [1.54, 1.807) is 18.0 Å². The van der Waals surface area contributed by atoms with E-state index in [1.165, 1.54) is 0 Å². The van der Waals surface area contributed by atoms with Crippen molar-refractivity contribution in [1.82, 2.24) is 19.7 Å². The molecule has 1 amide bonds. The van der Waals surface area contributed by atoms with Crippen molar-refractivity contribution in [3.8, 4) is 5.75 Å². The molecular formula is C16H19ClN4O2. The summed E-state index contributed by atoms with van der Waals surface area (Å²) in [5.41, 5.74) is 1.03. The predicted molar refractivity (Wildman–Crippen MR) is 86.5 cm³/mol. The minimum absolute atomic E-state index is 0.0549. The van der Waals surface area contributed by atoms with Gasteiger partial charge in [0, 0.05) is 20.0 Å². The highest BCUT2D eigenvalue weighted by Gasteiger charge is 2.20. The molecule has 3 rings (SSSR count). The Morgan fingerprint density at radius 2 is 2.26 bits per heavy atom. The Hall–Kier alpha value is -2.08. The van der Waals surface area contributed by atoms with Crippen LogP contribution in [0.2, 0.25) is 5.02 Å². The summed E-state index contributed by atoms with van der Waals surface area (Å²) in [6.07, 6.45) is 2.05. The van der Waals surface area contributed by atoms with Gasteiger partial charge in [0.25, 0.3) is 5.91 Å². The van der Waals surface area contributed by atoms with Crippen molar-refractivity contribution >= 4 is 17.5 Å². The largest absolute Gasteiger partial charge is 0.482 e. The third-order valence-corrected chi connectivity index (χ3v) is 4.24. The zero-order valence-electron chi connectivity index (χ0n) is 13.3. The molecule has 122 valence electrons. The number of amides is 1. The van der Waals surface area contributed by atoms with Gasteiger partial charge in [-0.3, -0.25) is 4.79 Å². The summed E-state index contributed by atoms with van der Waals surface area (Å²) in [5.74, 6) is 2.22. The molecule has 0 unspecified atom stereocenters. The molecular weight excluding hydrogens is 316 g/mol. The van der Waals surface area contributed by atoms with Crippen molar-refractivity contribution < 1.29 is 9.53 Å². The van der Waals surface area contributed by atoms with Crippen LogP contribution in [0.4, 0.5) is 0 Å². The van der Waals surface area contributed by atoms with E-state index in [0.29, 0.717) is 17.3 Å². The maximum atomic E-state index is 12.2. The lowest BCUT2D eigenvalue weighted by Gasteiger charge is -2.17. The lowest BCUT2D eigenvalue weighted by atomic mass is 10.2. The van der Waals surface area contributed by atoms with Gasteiger partial charge in [0.05, 0.1) is 11.6 Å². The molecule has 1 aromatic carbocycles.